The summed E-state index contributed by atoms with van der Waals surface area (Å²) in [4.78, 5) is 10.7. The number of benzene rings is 1. The Morgan fingerprint density at radius 3 is 3.00 bits per heavy atom. The van der Waals surface area contributed by atoms with E-state index in [1.165, 1.54) is 23.6 Å². The second-order valence-electron chi connectivity index (χ2n) is 5.01. The zero-order valence-electron chi connectivity index (χ0n) is 11.1. The van der Waals surface area contributed by atoms with Crippen LogP contribution in [-0.2, 0) is 6.54 Å². The topological polar surface area (TPSA) is 85.9 Å². The van der Waals surface area contributed by atoms with Gasteiger partial charge in [0, 0.05) is 18.7 Å². The van der Waals surface area contributed by atoms with Gasteiger partial charge in [0.05, 0.1) is 16.8 Å². The third kappa shape index (κ3) is 2.53. The van der Waals surface area contributed by atoms with Crippen molar-refractivity contribution in [3.05, 3.63) is 45.8 Å². The molecule has 1 aromatic heterocycles. The average molecular weight is 273 g/mol. The van der Waals surface area contributed by atoms with Gasteiger partial charge in [-0.15, -0.1) is 5.10 Å². The fourth-order valence-corrected chi connectivity index (χ4v) is 2.11. The van der Waals surface area contributed by atoms with E-state index in [9.17, 15) is 10.1 Å². The molecule has 7 heteroatoms. The van der Waals surface area contributed by atoms with Crippen LogP contribution >= 0.6 is 0 Å². The van der Waals surface area contributed by atoms with Gasteiger partial charge in [0.25, 0.3) is 5.69 Å². The van der Waals surface area contributed by atoms with Crippen molar-refractivity contribution in [3.63, 3.8) is 0 Å². The van der Waals surface area contributed by atoms with Crippen LogP contribution in [0.3, 0.4) is 0 Å². The second kappa shape index (κ2) is 5.01. The highest BCUT2D eigenvalue weighted by atomic mass is 16.6. The predicted molar refractivity (Wildman–Crippen MR) is 72.6 cm³/mol. The standard InChI is InChI=1S/C13H15N5O2/c1-9-3-2-4-12(18(19)20)13(9)17-8-11(15-16-17)7-14-10-5-6-10/h2-4,8,10,14H,5-7H2,1H3. The zero-order chi connectivity index (χ0) is 14.1. The predicted octanol–water partition coefficient (Wildman–Crippen LogP) is 1.74. The van der Waals surface area contributed by atoms with Crippen LogP contribution in [0.4, 0.5) is 5.69 Å². The molecule has 0 atom stereocenters. The van der Waals surface area contributed by atoms with Crippen LogP contribution in [0.1, 0.15) is 24.1 Å². The summed E-state index contributed by atoms with van der Waals surface area (Å²) < 4.78 is 1.48. The third-order valence-electron chi connectivity index (χ3n) is 3.33. The molecule has 1 aliphatic carbocycles. The number of hydrogen-bond donors (Lipinski definition) is 1. The quantitative estimate of drug-likeness (QED) is 0.662. The van der Waals surface area contributed by atoms with E-state index in [0.29, 0.717) is 18.3 Å². The number of nitro benzene ring substituents is 1. The number of hydrogen-bond acceptors (Lipinski definition) is 5. The summed E-state index contributed by atoms with van der Waals surface area (Å²) >= 11 is 0. The minimum absolute atomic E-state index is 0.0385. The molecule has 2 aromatic rings. The van der Waals surface area contributed by atoms with E-state index < -0.39 is 4.92 Å². The molecule has 104 valence electrons. The minimum atomic E-state index is -0.397. The van der Waals surface area contributed by atoms with Crippen molar-refractivity contribution in [2.24, 2.45) is 0 Å². The number of aryl methyl sites for hydroxylation is 1. The van der Waals surface area contributed by atoms with Crippen molar-refractivity contribution in [1.82, 2.24) is 20.3 Å². The molecule has 1 saturated carbocycles. The Morgan fingerprint density at radius 2 is 2.30 bits per heavy atom. The fraction of sp³-hybridized carbons (Fsp3) is 0.385. The first kappa shape index (κ1) is 12.7. The van der Waals surface area contributed by atoms with Gasteiger partial charge in [-0.3, -0.25) is 10.1 Å². The summed E-state index contributed by atoms with van der Waals surface area (Å²) in [6, 6.07) is 5.56. The van der Waals surface area contributed by atoms with E-state index in [1.54, 1.807) is 12.3 Å². The molecule has 0 bridgehead atoms. The van der Waals surface area contributed by atoms with E-state index in [-0.39, 0.29) is 5.69 Å². The number of nitrogens with zero attached hydrogens (tertiary/aromatic N) is 4. The molecule has 0 radical (unpaired) electrons. The Morgan fingerprint density at radius 1 is 1.50 bits per heavy atom. The fourth-order valence-electron chi connectivity index (χ4n) is 2.11. The van der Waals surface area contributed by atoms with Gasteiger partial charge < -0.3 is 5.32 Å². The molecule has 0 unspecified atom stereocenters. The zero-order valence-corrected chi connectivity index (χ0v) is 11.1. The first-order valence-electron chi connectivity index (χ1n) is 6.54. The number of para-hydroxylation sites is 1. The Kier molecular flexibility index (Phi) is 3.19. The van der Waals surface area contributed by atoms with E-state index in [0.717, 1.165) is 11.3 Å². The van der Waals surface area contributed by atoms with Crippen molar-refractivity contribution >= 4 is 5.69 Å². The molecule has 0 spiro atoms. The Hall–Kier alpha value is -2.28. The highest BCUT2D eigenvalue weighted by Gasteiger charge is 2.21. The lowest BCUT2D eigenvalue weighted by Crippen LogP contribution is -2.15. The number of nitro groups is 1. The first-order valence-corrected chi connectivity index (χ1v) is 6.54. The SMILES string of the molecule is Cc1cccc([N+](=O)[O-])c1-n1cc(CNC2CC2)nn1. The van der Waals surface area contributed by atoms with Gasteiger partial charge in [-0.25, -0.2) is 4.68 Å². The molecule has 0 saturated heterocycles. The van der Waals surface area contributed by atoms with E-state index in [2.05, 4.69) is 15.6 Å². The van der Waals surface area contributed by atoms with Crippen LogP contribution in [0.2, 0.25) is 0 Å². The van der Waals surface area contributed by atoms with Gasteiger partial charge in [0.2, 0.25) is 0 Å². The number of nitrogens with one attached hydrogen (secondary N) is 1. The molecule has 1 aliphatic rings. The van der Waals surface area contributed by atoms with Crippen LogP contribution in [0.25, 0.3) is 5.69 Å². The van der Waals surface area contributed by atoms with Crippen molar-refractivity contribution < 1.29 is 4.92 Å². The van der Waals surface area contributed by atoms with Gasteiger partial charge in [-0.05, 0) is 25.3 Å². The molecule has 1 heterocycles. The molecule has 7 nitrogen and oxygen atoms in total. The van der Waals surface area contributed by atoms with Crippen LogP contribution in [0.5, 0.6) is 0 Å². The lowest BCUT2D eigenvalue weighted by Gasteiger charge is -2.05. The molecular weight excluding hydrogens is 258 g/mol. The summed E-state index contributed by atoms with van der Waals surface area (Å²) in [5.41, 5.74) is 2.10. The van der Waals surface area contributed by atoms with Crippen molar-refractivity contribution in [3.8, 4) is 5.69 Å². The summed E-state index contributed by atoms with van der Waals surface area (Å²) in [5.74, 6) is 0. The summed E-state index contributed by atoms with van der Waals surface area (Å²) in [5, 5.41) is 22.5. The smallest absolute Gasteiger partial charge is 0.295 e. The van der Waals surface area contributed by atoms with Gasteiger partial charge in [0.15, 0.2) is 0 Å². The molecule has 3 rings (SSSR count). The van der Waals surface area contributed by atoms with E-state index in [1.807, 2.05) is 13.0 Å². The normalized spacial score (nSPS) is 14.4. The Bertz CT molecular complexity index is 648. The summed E-state index contributed by atoms with van der Waals surface area (Å²) in [6.07, 6.45) is 4.15. The van der Waals surface area contributed by atoms with E-state index in [4.69, 9.17) is 0 Å². The highest BCUT2D eigenvalue weighted by molar-refractivity contribution is 5.56. The van der Waals surface area contributed by atoms with Crippen LogP contribution < -0.4 is 5.32 Å². The average Bonchev–Trinajstić information content (AvgIpc) is 3.14. The molecule has 1 fully saturated rings. The largest absolute Gasteiger partial charge is 0.308 e. The lowest BCUT2D eigenvalue weighted by molar-refractivity contribution is -0.384. The van der Waals surface area contributed by atoms with Gasteiger partial charge in [-0.2, -0.15) is 0 Å². The van der Waals surface area contributed by atoms with Crippen molar-refractivity contribution in [1.29, 1.82) is 0 Å². The maximum Gasteiger partial charge on any atom is 0.295 e. The summed E-state index contributed by atoms with van der Waals surface area (Å²) in [6.45, 7) is 2.47. The minimum Gasteiger partial charge on any atom is -0.308 e. The van der Waals surface area contributed by atoms with Gasteiger partial charge in [0.1, 0.15) is 5.69 Å². The molecule has 1 N–H and O–H groups in total. The van der Waals surface area contributed by atoms with Gasteiger partial charge in [-0.1, -0.05) is 17.3 Å². The first-order chi connectivity index (χ1) is 9.65. The number of rotatable bonds is 5. The Balaban J connectivity index is 1.90. The lowest BCUT2D eigenvalue weighted by atomic mass is 10.1. The van der Waals surface area contributed by atoms with Crippen LogP contribution in [-0.4, -0.2) is 26.0 Å². The number of aromatic nitrogens is 3. The van der Waals surface area contributed by atoms with Crippen LogP contribution in [0, 0.1) is 17.0 Å². The van der Waals surface area contributed by atoms with Crippen molar-refractivity contribution in [2.45, 2.75) is 32.4 Å². The monoisotopic (exact) mass is 273 g/mol. The molecular formula is C13H15N5O2. The molecule has 1 aromatic carbocycles. The van der Waals surface area contributed by atoms with Crippen LogP contribution in [0.15, 0.2) is 24.4 Å². The summed E-state index contributed by atoms with van der Waals surface area (Å²) in [7, 11) is 0. The Labute approximate surface area is 115 Å². The van der Waals surface area contributed by atoms with E-state index >= 15 is 0 Å². The maximum absolute atomic E-state index is 11.1. The van der Waals surface area contributed by atoms with Crippen molar-refractivity contribution in [2.75, 3.05) is 0 Å². The highest BCUT2D eigenvalue weighted by Crippen LogP contribution is 2.25. The molecule has 20 heavy (non-hydrogen) atoms. The molecule has 0 amide bonds. The van der Waals surface area contributed by atoms with Gasteiger partial charge >= 0.3 is 0 Å². The maximum atomic E-state index is 11.1. The second-order valence-corrected chi connectivity index (χ2v) is 5.01. The molecule has 0 aliphatic heterocycles. The third-order valence-corrected chi connectivity index (χ3v) is 3.33.